The lowest BCUT2D eigenvalue weighted by Crippen LogP contribution is -1.83. The average molecular weight is 371 g/mol. The maximum atomic E-state index is 8.80. The Morgan fingerprint density at radius 3 is 1.36 bits per heavy atom. The molecule has 0 aromatic rings. The van der Waals surface area contributed by atoms with Gasteiger partial charge in [0.05, 0.1) is 6.61 Å². The molecule has 0 aliphatic carbocycles. The first-order chi connectivity index (χ1) is 9.95. The predicted octanol–water partition coefficient (Wildman–Crippen LogP) is 6.70. The third-order valence-electron chi connectivity index (χ3n) is 3.59. The van der Waals surface area contributed by atoms with Crippen LogP contribution in [0.2, 0.25) is 0 Å². The molecule has 0 aliphatic heterocycles. The van der Waals surface area contributed by atoms with Crippen LogP contribution < -0.4 is 0 Å². The van der Waals surface area contributed by atoms with Crippen molar-refractivity contribution in [2.75, 3.05) is 6.61 Å². The van der Waals surface area contributed by atoms with E-state index in [1.165, 1.54) is 28.7 Å². The van der Waals surface area contributed by atoms with Gasteiger partial charge in [0.1, 0.15) is 0 Å². The van der Waals surface area contributed by atoms with E-state index in [-0.39, 0.29) is 23.6 Å². The van der Waals surface area contributed by atoms with Crippen LogP contribution in [0.5, 0.6) is 0 Å². The Labute approximate surface area is 148 Å². The highest BCUT2D eigenvalue weighted by Crippen LogP contribution is 2.13. The summed E-state index contributed by atoms with van der Waals surface area (Å²) in [6, 6.07) is 0. The predicted molar refractivity (Wildman–Crippen MR) is 106 cm³/mol. The number of hydrogen-bond donors (Lipinski definition) is 1. The zero-order chi connectivity index (χ0) is 16.1. The van der Waals surface area contributed by atoms with Gasteiger partial charge >= 0.3 is 0 Å². The molecule has 0 spiro atoms. The topological polar surface area (TPSA) is 20.2 Å². The zero-order valence-electron chi connectivity index (χ0n) is 15.1. The lowest BCUT2D eigenvalue weighted by atomic mass is 10.0. The fourth-order valence-corrected chi connectivity index (χ4v) is 2.14. The number of aliphatic hydroxyl groups excluding tert-OH is 1. The third kappa shape index (κ3) is 15.8. The van der Waals surface area contributed by atoms with Gasteiger partial charge in [0.15, 0.2) is 0 Å². The highest BCUT2D eigenvalue weighted by atomic mass is 79.9. The highest BCUT2D eigenvalue weighted by Gasteiger charge is 1.93. The van der Waals surface area contributed by atoms with Crippen molar-refractivity contribution in [1.82, 2.24) is 0 Å². The first-order valence-corrected chi connectivity index (χ1v) is 8.16. The van der Waals surface area contributed by atoms with Gasteiger partial charge in [-0.25, -0.2) is 0 Å². The molecule has 0 aromatic heterocycles. The zero-order valence-corrected chi connectivity index (χ0v) is 16.8. The molecule has 22 heavy (non-hydrogen) atoms. The second-order valence-corrected chi connectivity index (χ2v) is 6.23. The molecule has 0 saturated heterocycles. The summed E-state index contributed by atoms with van der Waals surface area (Å²) in [6.07, 6.45) is 15.7. The fourth-order valence-electron chi connectivity index (χ4n) is 2.14. The summed E-state index contributed by atoms with van der Waals surface area (Å²) >= 11 is 0. The largest absolute Gasteiger partial charge is 0.392 e. The molecule has 0 rings (SSSR count). The van der Waals surface area contributed by atoms with Gasteiger partial charge in [-0.3, -0.25) is 0 Å². The first kappa shape index (κ1) is 23.7. The number of rotatable bonds is 10. The molecular weight excluding hydrogens is 336 g/mol. The van der Waals surface area contributed by atoms with Gasteiger partial charge in [-0.2, -0.15) is 0 Å². The summed E-state index contributed by atoms with van der Waals surface area (Å²) in [6.45, 7) is 11.0. The minimum absolute atomic E-state index is 0. The molecule has 0 amide bonds. The second-order valence-electron chi connectivity index (χ2n) is 6.23. The quantitative estimate of drug-likeness (QED) is 0.424. The molecule has 1 nitrogen and oxygen atoms in total. The Balaban J connectivity index is 0. The maximum absolute atomic E-state index is 8.80. The van der Waals surface area contributed by atoms with Crippen LogP contribution in [0.3, 0.4) is 0 Å². The van der Waals surface area contributed by atoms with E-state index in [1.54, 1.807) is 0 Å². The van der Waals surface area contributed by atoms with Gasteiger partial charge in [0.25, 0.3) is 0 Å². The van der Waals surface area contributed by atoms with Gasteiger partial charge in [0, 0.05) is 0 Å². The number of aliphatic hydroxyl groups is 1. The first-order valence-electron chi connectivity index (χ1n) is 8.16. The van der Waals surface area contributed by atoms with Gasteiger partial charge in [0.2, 0.25) is 0 Å². The molecule has 0 aromatic carbocycles. The molecule has 128 valence electrons. The molecular formula is C20H35BrO. The highest BCUT2D eigenvalue weighted by molar-refractivity contribution is 8.93. The van der Waals surface area contributed by atoms with Crippen molar-refractivity contribution in [3.63, 3.8) is 0 Å². The molecule has 1 N–H and O–H groups in total. The van der Waals surface area contributed by atoms with Crippen LogP contribution in [0, 0.1) is 0 Å². The van der Waals surface area contributed by atoms with Crippen molar-refractivity contribution in [1.29, 1.82) is 0 Å². The SMILES string of the molecule is Br.CC(C)=CCC/C(C)=C/CCC(C)=CCC/C(C)=C/CO. The molecule has 0 fully saturated rings. The van der Waals surface area contributed by atoms with Gasteiger partial charge in [-0.15, -0.1) is 17.0 Å². The standard InChI is InChI=1S/C20H34O.BrH/c1-17(2)9-6-10-18(3)11-7-12-19(4)13-8-14-20(5)15-16-21;/h9,11,13,15,21H,6-8,10,12,14,16H2,1-5H3;1H/b18-11+,19-13?,20-15+;. The summed E-state index contributed by atoms with van der Waals surface area (Å²) in [5.41, 5.74) is 5.66. The second kappa shape index (κ2) is 15.3. The summed E-state index contributed by atoms with van der Waals surface area (Å²) in [4.78, 5) is 0. The molecule has 0 unspecified atom stereocenters. The van der Waals surface area contributed by atoms with Gasteiger partial charge < -0.3 is 5.11 Å². The van der Waals surface area contributed by atoms with Crippen LogP contribution in [-0.4, -0.2) is 11.7 Å². The molecule has 0 saturated carbocycles. The van der Waals surface area contributed by atoms with E-state index < -0.39 is 0 Å². The molecule has 0 radical (unpaired) electrons. The van der Waals surface area contributed by atoms with Crippen molar-refractivity contribution in [3.05, 3.63) is 46.6 Å². The Kier molecular flexibility index (Phi) is 16.5. The van der Waals surface area contributed by atoms with E-state index >= 15 is 0 Å². The lowest BCUT2D eigenvalue weighted by Gasteiger charge is -2.02. The smallest absolute Gasteiger partial charge is 0.0614 e. The Morgan fingerprint density at radius 1 is 0.636 bits per heavy atom. The number of allylic oxidation sites excluding steroid dienone is 7. The summed E-state index contributed by atoms with van der Waals surface area (Å²) < 4.78 is 0. The Hall–Kier alpha value is -0.600. The van der Waals surface area contributed by atoms with Crippen LogP contribution in [0.25, 0.3) is 0 Å². The normalized spacial score (nSPS) is 12.9. The number of hydrogen-bond acceptors (Lipinski definition) is 1. The van der Waals surface area contributed by atoms with E-state index in [1.807, 2.05) is 6.08 Å². The van der Waals surface area contributed by atoms with Crippen LogP contribution >= 0.6 is 17.0 Å². The number of halogens is 1. The van der Waals surface area contributed by atoms with E-state index in [0.717, 1.165) is 32.1 Å². The van der Waals surface area contributed by atoms with Gasteiger partial charge in [-0.1, -0.05) is 46.6 Å². The lowest BCUT2D eigenvalue weighted by molar-refractivity contribution is 0.341. The van der Waals surface area contributed by atoms with Crippen molar-refractivity contribution >= 4 is 17.0 Å². The minimum atomic E-state index is 0. The van der Waals surface area contributed by atoms with Gasteiger partial charge in [-0.05, 0) is 73.1 Å². The van der Waals surface area contributed by atoms with Crippen molar-refractivity contribution < 1.29 is 5.11 Å². The average Bonchev–Trinajstić information content (AvgIpc) is 2.38. The molecule has 0 bridgehead atoms. The third-order valence-corrected chi connectivity index (χ3v) is 3.59. The minimum Gasteiger partial charge on any atom is -0.392 e. The van der Waals surface area contributed by atoms with Crippen molar-refractivity contribution in [2.45, 2.75) is 73.1 Å². The Bertz CT molecular complexity index is 396. The van der Waals surface area contributed by atoms with Crippen LogP contribution in [0.4, 0.5) is 0 Å². The molecule has 0 atom stereocenters. The van der Waals surface area contributed by atoms with Crippen molar-refractivity contribution in [2.24, 2.45) is 0 Å². The van der Waals surface area contributed by atoms with Crippen molar-refractivity contribution in [3.8, 4) is 0 Å². The fraction of sp³-hybridized carbons (Fsp3) is 0.600. The summed E-state index contributed by atoms with van der Waals surface area (Å²) in [7, 11) is 0. The van der Waals surface area contributed by atoms with Crippen LogP contribution in [0.1, 0.15) is 73.1 Å². The van der Waals surface area contributed by atoms with E-state index in [2.05, 4.69) is 52.8 Å². The van der Waals surface area contributed by atoms with E-state index in [4.69, 9.17) is 5.11 Å². The van der Waals surface area contributed by atoms with E-state index in [9.17, 15) is 0 Å². The molecule has 2 heteroatoms. The monoisotopic (exact) mass is 370 g/mol. The summed E-state index contributed by atoms with van der Waals surface area (Å²) in [5, 5.41) is 8.80. The van der Waals surface area contributed by atoms with E-state index in [0.29, 0.717) is 0 Å². The van der Waals surface area contributed by atoms with Crippen LogP contribution in [-0.2, 0) is 0 Å². The summed E-state index contributed by atoms with van der Waals surface area (Å²) in [5.74, 6) is 0. The van der Waals surface area contributed by atoms with Crippen LogP contribution in [0.15, 0.2) is 46.6 Å². The molecule has 0 aliphatic rings. The maximum Gasteiger partial charge on any atom is 0.0614 e. The Morgan fingerprint density at radius 2 is 1.00 bits per heavy atom. The molecule has 0 heterocycles.